The second kappa shape index (κ2) is 12.3. The van der Waals surface area contributed by atoms with E-state index in [1.165, 1.54) is 24.3 Å². The van der Waals surface area contributed by atoms with E-state index in [4.69, 9.17) is 23.7 Å². The van der Waals surface area contributed by atoms with Gasteiger partial charge in [-0.3, -0.25) is 9.59 Å². The summed E-state index contributed by atoms with van der Waals surface area (Å²) in [6.45, 7) is -0.0524. The fourth-order valence-corrected chi connectivity index (χ4v) is 4.20. The maximum atomic E-state index is 13.7. The predicted molar refractivity (Wildman–Crippen MR) is 133 cm³/mol. The second-order valence-corrected chi connectivity index (χ2v) is 9.18. The number of aromatic hydroxyl groups is 3. The average molecular weight is 580 g/mol. The van der Waals surface area contributed by atoms with Crippen molar-refractivity contribution in [2.45, 2.75) is 50.0 Å². The van der Waals surface area contributed by atoms with Gasteiger partial charge >= 0.3 is 5.97 Å². The van der Waals surface area contributed by atoms with Gasteiger partial charge in [0.05, 0.1) is 13.2 Å². The Morgan fingerprint density at radius 2 is 1.66 bits per heavy atom. The summed E-state index contributed by atoms with van der Waals surface area (Å²) in [7, 11) is 0. The second-order valence-electron chi connectivity index (χ2n) is 9.18. The Kier molecular flexibility index (Phi) is 8.98. The number of carbonyl (C=O) groups is 2. The monoisotopic (exact) mass is 580 g/mol. The molecule has 222 valence electrons. The molecule has 15 nitrogen and oxygen atoms in total. The lowest BCUT2D eigenvalue weighted by Crippen LogP contribution is -2.42. The van der Waals surface area contributed by atoms with Gasteiger partial charge in [-0.25, -0.2) is 0 Å². The Hall–Kier alpha value is -3.96. The molecule has 41 heavy (non-hydrogen) atoms. The molecule has 0 spiro atoms. The maximum Gasteiger partial charge on any atom is 0.308 e. The molecule has 8 N–H and O–H groups in total. The highest BCUT2D eigenvalue weighted by atomic mass is 16.8. The normalized spacial score (nSPS) is 28.3. The molecule has 2 aromatic rings. The molecule has 15 heteroatoms. The first kappa shape index (κ1) is 30.0. The fourth-order valence-electron chi connectivity index (χ4n) is 4.20. The van der Waals surface area contributed by atoms with E-state index in [0.29, 0.717) is 0 Å². The predicted octanol–water partition coefficient (Wildman–Crippen LogP) is -0.604. The number of hydrogen-bond acceptors (Lipinski definition) is 15. The third kappa shape index (κ3) is 6.36. The average Bonchev–Trinajstić information content (AvgIpc) is 3.39. The van der Waals surface area contributed by atoms with Crippen LogP contribution in [0, 0.1) is 0 Å². The molecule has 7 atom stereocenters. The largest absolute Gasteiger partial charge is 0.508 e. The summed E-state index contributed by atoms with van der Waals surface area (Å²) in [6.07, 6.45) is -10.5. The highest BCUT2D eigenvalue weighted by Gasteiger charge is 2.49. The van der Waals surface area contributed by atoms with E-state index in [2.05, 4.69) is 0 Å². The molecule has 0 amide bonds. The number of aliphatic hydroxyl groups is 5. The van der Waals surface area contributed by atoms with Crippen LogP contribution in [0.5, 0.6) is 23.0 Å². The molecule has 2 aromatic carbocycles. The van der Waals surface area contributed by atoms with Gasteiger partial charge in [-0.2, -0.15) is 0 Å². The van der Waals surface area contributed by atoms with E-state index in [1.54, 1.807) is 0 Å². The maximum absolute atomic E-state index is 13.7. The van der Waals surface area contributed by atoms with Gasteiger partial charge in [-0.15, -0.1) is 0 Å². The number of phenolic OH excluding ortho intramolecular Hbond substituents is 3. The first-order chi connectivity index (χ1) is 19.4. The van der Waals surface area contributed by atoms with Crippen LogP contribution in [0.3, 0.4) is 0 Å². The van der Waals surface area contributed by atoms with Crippen molar-refractivity contribution in [2.24, 2.45) is 0 Å². The van der Waals surface area contributed by atoms with Crippen molar-refractivity contribution in [1.29, 1.82) is 0 Å². The summed E-state index contributed by atoms with van der Waals surface area (Å²) in [5.41, 5.74) is -0.754. The summed E-state index contributed by atoms with van der Waals surface area (Å²) in [6, 6.07) is 6.48. The number of aliphatic hydroxyl groups excluding tert-OH is 5. The number of allylic oxidation sites excluding steroid dienone is 1. The zero-order chi connectivity index (χ0) is 30.0. The number of phenols is 3. The van der Waals surface area contributed by atoms with E-state index in [-0.39, 0.29) is 11.3 Å². The number of ketones is 1. The number of rotatable bonds is 9. The molecular weight excluding hydrogens is 552 g/mol. The van der Waals surface area contributed by atoms with Crippen molar-refractivity contribution in [3.8, 4) is 23.0 Å². The summed E-state index contributed by atoms with van der Waals surface area (Å²) >= 11 is 0. The van der Waals surface area contributed by atoms with Gasteiger partial charge in [0.2, 0.25) is 17.8 Å². The van der Waals surface area contributed by atoms with Crippen LogP contribution in [-0.4, -0.2) is 109 Å². The van der Waals surface area contributed by atoms with E-state index in [9.17, 15) is 50.4 Å². The van der Waals surface area contributed by atoms with Gasteiger partial charge < -0.3 is 64.5 Å². The van der Waals surface area contributed by atoms with E-state index < -0.39 is 102 Å². The van der Waals surface area contributed by atoms with Gasteiger partial charge in [-0.1, -0.05) is 0 Å². The molecule has 2 heterocycles. The number of carbonyl (C=O) groups excluding carboxylic acids is 2. The molecule has 2 fully saturated rings. The number of ether oxygens (including phenoxy) is 5. The summed E-state index contributed by atoms with van der Waals surface area (Å²) in [5, 5.41) is 81.1. The van der Waals surface area contributed by atoms with Crippen molar-refractivity contribution >= 4 is 17.5 Å². The van der Waals surface area contributed by atoms with Crippen molar-refractivity contribution < 1.29 is 74.1 Å². The number of esters is 1. The topological polar surface area (TPSA) is 242 Å². The van der Waals surface area contributed by atoms with E-state index >= 15 is 0 Å². The number of hydrogen-bond donors (Lipinski definition) is 8. The van der Waals surface area contributed by atoms with Gasteiger partial charge in [0, 0.05) is 24.6 Å². The molecular formula is C26H28O15. The standard InChI is InChI=1S/C26H28O15/c1-10(28)38-16-7-13(30)6-14(31)18(16)21(35)24(19(33)11-2-4-12(29)5-3-11)41-26-23(15(32)9-37-26)40-25-22(36)20(34)17(8-27)39-25/h2-7,15,17,20,22-23,25-27,29-34,36H,8-9H2,1H3/b24-19+/t15-,17-,20-,22-,23-,25+,26+/m1/s1. The summed E-state index contributed by atoms with van der Waals surface area (Å²) < 4.78 is 26.9. The first-order valence-corrected chi connectivity index (χ1v) is 12.2. The molecule has 0 aliphatic carbocycles. The van der Waals surface area contributed by atoms with Crippen LogP contribution in [0.1, 0.15) is 22.8 Å². The minimum absolute atomic E-state index is 0.0575. The Morgan fingerprint density at radius 1 is 0.976 bits per heavy atom. The number of benzene rings is 2. The lowest BCUT2D eigenvalue weighted by Gasteiger charge is -2.27. The van der Waals surface area contributed by atoms with Crippen molar-refractivity contribution in [3.63, 3.8) is 0 Å². The zero-order valence-corrected chi connectivity index (χ0v) is 21.4. The molecule has 0 saturated carbocycles. The van der Waals surface area contributed by atoms with Crippen molar-refractivity contribution in [1.82, 2.24) is 0 Å². The molecule has 4 rings (SSSR count). The van der Waals surface area contributed by atoms with Gasteiger partial charge in [0.1, 0.15) is 53.0 Å². The smallest absolute Gasteiger partial charge is 0.308 e. The summed E-state index contributed by atoms with van der Waals surface area (Å²) in [4.78, 5) is 25.4. The van der Waals surface area contributed by atoms with Gasteiger partial charge in [0.15, 0.2) is 18.2 Å². The third-order valence-corrected chi connectivity index (χ3v) is 6.21. The number of Topliss-reactive ketones (excluding diaryl/α,β-unsaturated/α-hetero) is 1. The summed E-state index contributed by atoms with van der Waals surface area (Å²) in [5.74, 6) is -6.07. The van der Waals surface area contributed by atoms with Gasteiger partial charge in [0.25, 0.3) is 0 Å². The van der Waals surface area contributed by atoms with Crippen LogP contribution in [0.2, 0.25) is 0 Å². The van der Waals surface area contributed by atoms with Crippen molar-refractivity contribution in [3.05, 3.63) is 53.3 Å². The quantitative estimate of drug-likeness (QED) is 0.0607. The van der Waals surface area contributed by atoms with E-state index in [0.717, 1.165) is 19.1 Å². The Labute approximate surface area is 231 Å². The van der Waals surface area contributed by atoms with Crippen molar-refractivity contribution in [2.75, 3.05) is 13.2 Å². The van der Waals surface area contributed by atoms with Crippen LogP contribution >= 0.6 is 0 Å². The Balaban J connectivity index is 1.73. The molecule has 0 radical (unpaired) electrons. The van der Waals surface area contributed by atoms with Crippen LogP contribution in [-0.2, 0) is 23.7 Å². The fraction of sp³-hybridized carbons (Fsp3) is 0.385. The van der Waals surface area contributed by atoms with Crippen LogP contribution < -0.4 is 4.74 Å². The molecule has 2 saturated heterocycles. The first-order valence-electron chi connectivity index (χ1n) is 12.2. The van der Waals surface area contributed by atoms with E-state index in [1.807, 2.05) is 0 Å². The molecule has 0 aromatic heterocycles. The van der Waals surface area contributed by atoms with Crippen LogP contribution in [0.4, 0.5) is 0 Å². The lowest BCUT2D eigenvalue weighted by molar-refractivity contribution is -0.238. The van der Waals surface area contributed by atoms with Crippen LogP contribution in [0.25, 0.3) is 5.76 Å². The molecule has 2 aliphatic heterocycles. The molecule has 0 bridgehead atoms. The highest BCUT2D eigenvalue weighted by molar-refractivity contribution is 6.14. The highest BCUT2D eigenvalue weighted by Crippen LogP contribution is 2.38. The molecule has 0 unspecified atom stereocenters. The van der Waals surface area contributed by atoms with Gasteiger partial charge in [-0.05, 0) is 24.3 Å². The SMILES string of the molecule is CC(=O)Oc1cc(O)cc(O)c1C(=O)/C(O[C@@H]1OC[C@@H](O)[C@H]1O[C@@H]1O[C@H](CO)[C@@H](O)[C@H]1O)=C(\O)c1ccc(O)cc1. The third-order valence-electron chi connectivity index (χ3n) is 6.21. The lowest BCUT2D eigenvalue weighted by atomic mass is 10.0. The Bertz CT molecular complexity index is 1310. The minimum Gasteiger partial charge on any atom is -0.508 e. The van der Waals surface area contributed by atoms with Crippen LogP contribution in [0.15, 0.2) is 42.2 Å². The minimum atomic E-state index is -1.67. The Morgan fingerprint density at radius 3 is 2.27 bits per heavy atom. The molecule has 2 aliphatic rings. The zero-order valence-electron chi connectivity index (χ0n) is 21.4.